The summed E-state index contributed by atoms with van der Waals surface area (Å²) in [5.74, 6) is -5.37. The number of ether oxygens (including phenoxy) is 1. The lowest BCUT2D eigenvalue weighted by Crippen LogP contribution is -2.52. The van der Waals surface area contributed by atoms with Crippen LogP contribution in [0.1, 0.15) is 29.9 Å². The molecule has 1 aliphatic heterocycles. The van der Waals surface area contributed by atoms with E-state index in [1.54, 1.807) is 6.26 Å². The van der Waals surface area contributed by atoms with Gasteiger partial charge in [0.1, 0.15) is 18.7 Å². The highest BCUT2D eigenvalue weighted by atomic mass is 32.2. The average molecular weight is 505 g/mol. The largest absolute Gasteiger partial charge is 0.480 e. The Bertz CT molecular complexity index is 1080. The predicted octanol–water partition coefficient (Wildman–Crippen LogP) is 3.97. The number of fused-ring (bicyclic) bond motifs is 3. The topological polar surface area (TPSA) is 95.9 Å². The van der Waals surface area contributed by atoms with Gasteiger partial charge >= 0.3 is 12.1 Å². The summed E-state index contributed by atoms with van der Waals surface area (Å²) < 4.78 is 33.3. The first kappa shape index (κ1) is 25.0. The molecular weight excluding hydrogens is 478 g/mol. The summed E-state index contributed by atoms with van der Waals surface area (Å²) >= 11 is 1.41. The minimum atomic E-state index is -3.30. The van der Waals surface area contributed by atoms with Crippen molar-refractivity contribution in [1.82, 2.24) is 10.2 Å². The minimum Gasteiger partial charge on any atom is -0.480 e. The maximum absolute atomic E-state index is 13.9. The van der Waals surface area contributed by atoms with E-state index in [1.165, 1.54) is 11.8 Å². The lowest BCUT2D eigenvalue weighted by Gasteiger charge is -2.27. The minimum absolute atomic E-state index is 0.0306. The van der Waals surface area contributed by atoms with Crippen LogP contribution in [0.3, 0.4) is 0 Å². The Hall–Kier alpha value is -3.14. The number of carbonyl (C=O) groups excluding carboxylic acids is 2. The molecule has 2 aromatic carbocycles. The first-order chi connectivity index (χ1) is 16.7. The average Bonchev–Trinajstić information content (AvgIpc) is 3.34. The van der Waals surface area contributed by atoms with Gasteiger partial charge in [-0.25, -0.2) is 18.4 Å². The van der Waals surface area contributed by atoms with Crippen LogP contribution in [0.25, 0.3) is 11.1 Å². The molecule has 2 aromatic rings. The van der Waals surface area contributed by atoms with Crippen LogP contribution in [0.2, 0.25) is 0 Å². The van der Waals surface area contributed by atoms with Crippen LogP contribution in [0.5, 0.6) is 0 Å². The molecule has 2 amide bonds. The molecule has 1 heterocycles. The summed E-state index contributed by atoms with van der Waals surface area (Å²) in [6.45, 7) is -0.965. The van der Waals surface area contributed by atoms with Crippen molar-refractivity contribution in [2.24, 2.45) is 0 Å². The Labute approximate surface area is 205 Å². The van der Waals surface area contributed by atoms with Crippen molar-refractivity contribution in [3.63, 3.8) is 0 Å². The molecule has 186 valence electrons. The number of carboxylic acids is 1. The van der Waals surface area contributed by atoms with E-state index in [0.717, 1.165) is 22.3 Å². The van der Waals surface area contributed by atoms with E-state index in [1.807, 2.05) is 48.5 Å². The summed E-state index contributed by atoms with van der Waals surface area (Å²) in [7, 11) is 0. The first-order valence-corrected chi connectivity index (χ1v) is 12.6. The molecule has 2 aliphatic rings. The molecule has 1 fully saturated rings. The van der Waals surface area contributed by atoms with Crippen LogP contribution >= 0.6 is 11.8 Å². The van der Waals surface area contributed by atoms with Crippen molar-refractivity contribution in [1.29, 1.82) is 0 Å². The number of nitrogens with zero attached hydrogens (tertiary/aromatic N) is 1. The fraction of sp³-hybridized carbons (Fsp3) is 0.400. The van der Waals surface area contributed by atoms with E-state index in [0.29, 0.717) is 10.7 Å². The van der Waals surface area contributed by atoms with Crippen molar-refractivity contribution < 1.29 is 33.0 Å². The molecule has 0 saturated carbocycles. The van der Waals surface area contributed by atoms with Crippen LogP contribution in [0.15, 0.2) is 48.5 Å². The van der Waals surface area contributed by atoms with Crippen LogP contribution < -0.4 is 5.32 Å². The highest BCUT2D eigenvalue weighted by Crippen LogP contribution is 2.44. The van der Waals surface area contributed by atoms with Gasteiger partial charge < -0.3 is 20.1 Å². The summed E-state index contributed by atoms with van der Waals surface area (Å²) in [6.07, 6.45) is 0.148. The van der Waals surface area contributed by atoms with Gasteiger partial charge in [0.25, 0.3) is 5.92 Å². The van der Waals surface area contributed by atoms with Gasteiger partial charge in [0.05, 0.1) is 6.54 Å². The molecule has 4 rings (SSSR count). The second kappa shape index (κ2) is 10.2. The van der Waals surface area contributed by atoms with Gasteiger partial charge in [0.2, 0.25) is 5.91 Å². The zero-order valence-corrected chi connectivity index (χ0v) is 19.9. The highest BCUT2D eigenvalue weighted by molar-refractivity contribution is 7.98. The standard InChI is InChI=1S/C25H26F2N2O5S/c1-35-11-10-20(22(30)29-14-25(26,27)12-21(29)23(31)32)28-24(33)34-13-19-17-8-4-2-6-15(17)16-7-3-5-9-18(16)19/h2-9,19-21H,10-14H2,1H3,(H,28,33)(H,31,32)/t20-,21+/m0/s1. The summed E-state index contributed by atoms with van der Waals surface area (Å²) in [6, 6.07) is 12.9. The Morgan fingerprint density at radius 1 is 1.14 bits per heavy atom. The van der Waals surface area contributed by atoms with Crippen molar-refractivity contribution in [3.8, 4) is 11.1 Å². The number of halogens is 2. The van der Waals surface area contributed by atoms with Crippen LogP contribution in [-0.4, -0.2) is 71.1 Å². The smallest absolute Gasteiger partial charge is 0.407 e. The van der Waals surface area contributed by atoms with Crippen LogP contribution in [0.4, 0.5) is 13.6 Å². The number of likely N-dealkylation sites (tertiary alicyclic amines) is 1. The number of hydrogen-bond acceptors (Lipinski definition) is 5. The maximum Gasteiger partial charge on any atom is 0.407 e. The van der Waals surface area contributed by atoms with Crippen molar-refractivity contribution in [2.45, 2.75) is 36.8 Å². The third-order valence-corrected chi connectivity index (χ3v) is 7.03. The zero-order chi connectivity index (χ0) is 25.2. The summed E-state index contributed by atoms with van der Waals surface area (Å²) in [4.78, 5) is 37.8. The number of benzene rings is 2. The molecule has 1 saturated heterocycles. The highest BCUT2D eigenvalue weighted by Gasteiger charge is 2.51. The number of aliphatic carboxylic acids is 1. The van der Waals surface area contributed by atoms with Gasteiger partial charge in [-0.15, -0.1) is 0 Å². The van der Waals surface area contributed by atoms with Crippen molar-refractivity contribution in [3.05, 3.63) is 59.7 Å². The van der Waals surface area contributed by atoms with E-state index >= 15 is 0 Å². The molecule has 2 atom stereocenters. The predicted molar refractivity (Wildman–Crippen MR) is 128 cm³/mol. The molecule has 2 N–H and O–H groups in total. The van der Waals surface area contributed by atoms with Gasteiger partial charge in [-0.1, -0.05) is 48.5 Å². The number of carboxylic acid groups (broad SMARTS) is 1. The Balaban J connectivity index is 1.45. The fourth-order valence-corrected chi connectivity index (χ4v) is 5.22. The molecule has 0 radical (unpaired) electrons. The van der Waals surface area contributed by atoms with Crippen LogP contribution in [-0.2, 0) is 14.3 Å². The van der Waals surface area contributed by atoms with Crippen LogP contribution in [0, 0.1) is 0 Å². The number of alkyl halides is 2. The second-order valence-corrected chi connectivity index (χ2v) is 9.67. The lowest BCUT2D eigenvalue weighted by atomic mass is 9.98. The molecule has 7 nitrogen and oxygen atoms in total. The number of nitrogens with one attached hydrogen (secondary N) is 1. The monoisotopic (exact) mass is 504 g/mol. The molecule has 0 spiro atoms. The van der Waals surface area contributed by atoms with E-state index < -0.39 is 48.9 Å². The second-order valence-electron chi connectivity index (χ2n) is 8.68. The first-order valence-electron chi connectivity index (χ1n) is 11.2. The van der Waals surface area contributed by atoms with E-state index in [4.69, 9.17) is 4.74 Å². The summed E-state index contributed by atoms with van der Waals surface area (Å²) in [5, 5.41) is 11.8. The lowest BCUT2D eigenvalue weighted by molar-refractivity contribution is -0.149. The molecule has 35 heavy (non-hydrogen) atoms. The number of rotatable bonds is 8. The third-order valence-electron chi connectivity index (χ3n) is 6.38. The van der Waals surface area contributed by atoms with E-state index in [-0.39, 0.29) is 18.9 Å². The molecule has 0 bridgehead atoms. The zero-order valence-electron chi connectivity index (χ0n) is 19.1. The molecule has 10 heteroatoms. The maximum atomic E-state index is 13.9. The number of hydrogen-bond donors (Lipinski definition) is 2. The Morgan fingerprint density at radius 2 is 1.74 bits per heavy atom. The molecule has 1 aliphatic carbocycles. The Kier molecular flexibility index (Phi) is 7.30. The SMILES string of the molecule is CSCC[C@H](NC(=O)OCC1c2ccccc2-c2ccccc21)C(=O)N1CC(F)(F)C[C@@H]1C(=O)O. The fourth-order valence-electron chi connectivity index (χ4n) is 4.74. The van der Waals surface area contributed by atoms with Gasteiger partial charge in [-0.05, 0) is 40.7 Å². The quantitative estimate of drug-likeness (QED) is 0.565. The van der Waals surface area contributed by atoms with Gasteiger partial charge in [-0.3, -0.25) is 4.79 Å². The van der Waals surface area contributed by atoms with E-state index in [2.05, 4.69) is 5.32 Å². The Morgan fingerprint density at radius 3 is 2.31 bits per heavy atom. The van der Waals surface area contributed by atoms with E-state index in [9.17, 15) is 28.3 Å². The third kappa shape index (κ3) is 5.27. The number of amides is 2. The molecule has 0 unspecified atom stereocenters. The van der Waals surface area contributed by atoms with Gasteiger partial charge in [-0.2, -0.15) is 11.8 Å². The number of thioether (sulfide) groups is 1. The van der Waals surface area contributed by atoms with Crippen molar-refractivity contribution >= 4 is 29.7 Å². The summed E-state index contributed by atoms with van der Waals surface area (Å²) in [5.41, 5.74) is 4.19. The van der Waals surface area contributed by atoms with Gasteiger partial charge in [0.15, 0.2) is 0 Å². The molecular formula is C25H26F2N2O5S. The normalized spacial score (nSPS) is 19.1. The molecule has 0 aromatic heterocycles. The van der Waals surface area contributed by atoms with Crippen molar-refractivity contribution in [2.75, 3.05) is 25.2 Å². The number of alkyl carbamates (subject to hydrolysis) is 1. The van der Waals surface area contributed by atoms with Gasteiger partial charge in [0, 0.05) is 12.3 Å². The number of carbonyl (C=O) groups is 3.